The molecule has 11 heavy (non-hydrogen) atoms. The summed E-state index contributed by atoms with van der Waals surface area (Å²) in [5.74, 6) is 0. The van der Waals surface area contributed by atoms with E-state index in [0.29, 0.717) is 0 Å². The lowest BCUT2D eigenvalue weighted by atomic mass is 10.5. The zero-order valence-corrected chi connectivity index (χ0v) is 7.54. The van der Waals surface area contributed by atoms with Gasteiger partial charge in [0.1, 0.15) is 0 Å². The fourth-order valence-corrected chi connectivity index (χ4v) is 0.795. The lowest BCUT2D eigenvalue weighted by Crippen LogP contribution is -2.31. The number of likely N-dealkylation sites (N-methyl/N-ethyl adjacent to an activating group) is 1. The Hall–Kier alpha value is -0.380. The molecule has 0 atom stereocenters. The molecule has 0 aliphatic heterocycles. The van der Waals surface area contributed by atoms with Crippen LogP contribution >= 0.6 is 0 Å². The van der Waals surface area contributed by atoms with E-state index in [-0.39, 0.29) is 6.29 Å². The molecule has 0 saturated carbocycles. The maximum Gasteiger partial charge on any atom is 0.169 e. The molecule has 0 saturated heterocycles. The van der Waals surface area contributed by atoms with Crippen LogP contribution in [0.2, 0.25) is 0 Å². The second-order valence-corrected chi connectivity index (χ2v) is 2.41. The Morgan fingerprint density at radius 3 is 2.36 bits per heavy atom. The van der Waals surface area contributed by atoms with Crippen LogP contribution in [0.15, 0.2) is 12.7 Å². The highest BCUT2D eigenvalue weighted by molar-refractivity contribution is 4.71. The molecule has 3 nitrogen and oxygen atoms in total. The van der Waals surface area contributed by atoms with Gasteiger partial charge < -0.3 is 9.47 Å². The molecule has 0 aromatic carbocycles. The van der Waals surface area contributed by atoms with Crippen LogP contribution in [0.5, 0.6) is 0 Å². The minimum Gasteiger partial charge on any atom is -0.355 e. The second-order valence-electron chi connectivity index (χ2n) is 2.41. The van der Waals surface area contributed by atoms with E-state index in [4.69, 9.17) is 9.47 Å². The van der Waals surface area contributed by atoms with Crippen LogP contribution in [-0.2, 0) is 9.47 Å². The van der Waals surface area contributed by atoms with Gasteiger partial charge in [-0.05, 0) is 7.05 Å². The predicted molar refractivity (Wildman–Crippen MR) is 45.5 cm³/mol. The number of methoxy groups -OCH3 is 2. The van der Waals surface area contributed by atoms with Crippen molar-refractivity contribution in [3.05, 3.63) is 12.7 Å². The minimum atomic E-state index is -0.139. The lowest BCUT2D eigenvalue weighted by Gasteiger charge is -2.20. The molecular formula is C8H17NO2. The number of hydrogen-bond donors (Lipinski definition) is 0. The van der Waals surface area contributed by atoms with E-state index >= 15 is 0 Å². The van der Waals surface area contributed by atoms with E-state index in [1.165, 1.54) is 0 Å². The first-order valence-corrected chi connectivity index (χ1v) is 3.59. The molecule has 0 amide bonds. The highest BCUT2D eigenvalue weighted by Gasteiger charge is 2.06. The number of rotatable bonds is 6. The van der Waals surface area contributed by atoms with E-state index in [1.807, 2.05) is 13.1 Å². The van der Waals surface area contributed by atoms with Gasteiger partial charge in [0.25, 0.3) is 0 Å². The standard InChI is InChI=1S/C8H17NO2/c1-5-6-9(2)7-8(10-3)11-4/h5,8H,1,6-7H2,2-4H3. The van der Waals surface area contributed by atoms with Crippen molar-refractivity contribution in [1.82, 2.24) is 4.90 Å². The normalized spacial score (nSPS) is 11.0. The van der Waals surface area contributed by atoms with Crippen molar-refractivity contribution in [3.63, 3.8) is 0 Å². The summed E-state index contributed by atoms with van der Waals surface area (Å²) < 4.78 is 10.0. The van der Waals surface area contributed by atoms with Gasteiger partial charge in [-0.3, -0.25) is 4.90 Å². The molecule has 0 radical (unpaired) electrons. The van der Waals surface area contributed by atoms with Crippen LogP contribution in [0.3, 0.4) is 0 Å². The van der Waals surface area contributed by atoms with Gasteiger partial charge in [-0.1, -0.05) is 6.08 Å². The third-order valence-electron chi connectivity index (χ3n) is 1.43. The van der Waals surface area contributed by atoms with Crippen molar-refractivity contribution >= 4 is 0 Å². The first kappa shape index (κ1) is 10.6. The van der Waals surface area contributed by atoms with Crippen molar-refractivity contribution in [3.8, 4) is 0 Å². The van der Waals surface area contributed by atoms with Gasteiger partial charge in [-0.25, -0.2) is 0 Å². The Morgan fingerprint density at radius 2 is 2.00 bits per heavy atom. The molecule has 0 fully saturated rings. The molecule has 0 heterocycles. The monoisotopic (exact) mass is 159 g/mol. The van der Waals surface area contributed by atoms with Gasteiger partial charge in [-0.15, -0.1) is 6.58 Å². The highest BCUT2D eigenvalue weighted by Crippen LogP contribution is 1.93. The second kappa shape index (κ2) is 6.34. The Labute approximate surface area is 68.6 Å². The van der Waals surface area contributed by atoms with Gasteiger partial charge >= 0.3 is 0 Å². The summed E-state index contributed by atoms with van der Waals surface area (Å²) in [6.07, 6.45) is 1.71. The van der Waals surface area contributed by atoms with Gasteiger partial charge in [-0.2, -0.15) is 0 Å². The van der Waals surface area contributed by atoms with Gasteiger partial charge in [0.2, 0.25) is 0 Å². The number of hydrogen-bond acceptors (Lipinski definition) is 3. The molecule has 0 aromatic rings. The first-order valence-electron chi connectivity index (χ1n) is 3.59. The van der Waals surface area contributed by atoms with E-state index < -0.39 is 0 Å². The summed E-state index contributed by atoms with van der Waals surface area (Å²) in [5.41, 5.74) is 0. The largest absolute Gasteiger partial charge is 0.355 e. The van der Waals surface area contributed by atoms with Gasteiger partial charge in [0.05, 0.1) is 0 Å². The summed E-state index contributed by atoms with van der Waals surface area (Å²) in [4.78, 5) is 2.07. The molecule has 0 aliphatic rings. The van der Waals surface area contributed by atoms with E-state index in [9.17, 15) is 0 Å². The predicted octanol–water partition coefficient (Wildman–Crippen LogP) is 0.723. The van der Waals surface area contributed by atoms with Crippen molar-refractivity contribution in [2.75, 3.05) is 34.4 Å². The molecule has 0 spiro atoms. The van der Waals surface area contributed by atoms with Crippen molar-refractivity contribution in [1.29, 1.82) is 0 Å². The zero-order valence-electron chi connectivity index (χ0n) is 7.54. The fraction of sp³-hybridized carbons (Fsp3) is 0.750. The van der Waals surface area contributed by atoms with Crippen LogP contribution in [0, 0.1) is 0 Å². The van der Waals surface area contributed by atoms with Gasteiger partial charge in [0.15, 0.2) is 6.29 Å². The Balaban J connectivity index is 3.52. The lowest BCUT2D eigenvalue weighted by molar-refractivity contribution is -0.112. The highest BCUT2D eigenvalue weighted by atomic mass is 16.7. The topological polar surface area (TPSA) is 21.7 Å². The van der Waals surface area contributed by atoms with Crippen LogP contribution in [0.1, 0.15) is 0 Å². The first-order chi connectivity index (χ1) is 5.24. The Kier molecular flexibility index (Phi) is 6.12. The molecule has 0 bridgehead atoms. The average Bonchev–Trinajstić information content (AvgIpc) is 2.01. The van der Waals surface area contributed by atoms with Crippen LogP contribution < -0.4 is 0 Å². The number of nitrogens with zero attached hydrogens (tertiary/aromatic N) is 1. The van der Waals surface area contributed by atoms with E-state index in [0.717, 1.165) is 13.1 Å². The summed E-state index contributed by atoms with van der Waals surface area (Å²) in [6.45, 7) is 5.25. The Morgan fingerprint density at radius 1 is 1.45 bits per heavy atom. The molecule has 0 N–H and O–H groups in total. The molecular weight excluding hydrogens is 142 g/mol. The van der Waals surface area contributed by atoms with E-state index in [2.05, 4.69) is 11.5 Å². The van der Waals surface area contributed by atoms with E-state index in [1.54, 1.807) is 14.2 Å². The Bertz CT molecular complexity index is 102. The number of ether oxygens (including phenoxy) is 2. The molecule has 3 heteroatoms. The maximum atomic E-state index is 5.02. The summed E-state index contributed by atoms with van der Waals surface area (Å²) in [7, 11) is 5.26. The molecule has 0 rings (SSSR count). The van der Waals surface area contributed by atoms with Crippen LogP contribution in [-0.4, -0.2) is 45.5 Å². The smallest absolute Gasteiger partial charge is 0.169 e. The van der Waals surface area contributed by atoms with Crippen LogP contribution in [0.4, 0.5) is 0 Å². The molecule has 0 aromatic heterocycles. The zero-order chi connectivity index (χ0) is 8.69. The molecule has 0 aliphatic carbocycles. The average molecular weight is 159 g/mol. The van der Waals surface area contributed by atoms with Gasteiger partial charge in [0, 0.05) is 27.3 Å². The minimum absolute atomic E-state index is 0.139. The van der Waals surface area contributed by atoms with Crippen molar-refractivity contribution < 1.29 is 9.47 Å². The maximum absolute atomic E-state index is 5.02. The third kappa shape index (κ3) is 4.95. The fourth-order valence-electron chi connectivity index (χ4n) is 0.795. The summed E-state index contributed by atoms with van der Waals surface area (Å²) >= 11 is 0. The molecule has 0 unspecified atom stereocenters. The third-order valence-corrected chi connectivity index (χ3v) is 1.43. The molecule has 66 valence electrons. The summed E-state index contributed by atoms with van der Waals surface area (Å²) in [6, 6.07) is 0. The van der Waals surface area contributed by atoms with Crippen molar-refractivity contribution in [2.24, 2.45) is 0 Å². The van der Waals surface area contributed by atoms with Crippen molar-refractivity contribution in [2.45, 2.75) is 6.29 Å². The summed E-state index contributed by atoms with van der Waals surface area (Å²) in [5, 5.41) is 0. The van der Waals surface area contributed by atoms with Crippen LogP contribution in [0.25, 0.3) is 0 Å². The quantitative estimate of drug-likeness (QED) is 0.421. The SMILES string of the molecule is C=CCN(C)CC(OC)OC.